The first kappa shape index (κ1) is 14.9. The molecule has 1 aromatic heterocycles. The maximum Gasteiger partial charge on any atom is 0.227 e. The second-order valence-corrected chi connectivity index (χ2v) is 6.00. The van der Waals surface area contributed by atoms with Crippen LogP contribution in [0.5, 0.6) is 0 Å². The minimum Gasteiger partial charge on any atom is -0.368 e. The van der Waals surface area contributed by atoms with Crippen molar-refractivity contribution in [2.45, 2.75) is 0 Å². The van der Waals surface area contributed by atoms with E-state index in [9.17, 15) is 0 Å². The van der Waals surface area contributed by atoms with Crippen molar-refractivity contribution in [3.63, 3.8) is 0 Å². The summed E-state index contributed by atoms with van der Waals surface area (Å²) in [6.45, 7) is 3.69. The van der Waals surface area contributed by atoms with Gasteiger partial charge in [-0.25, -0.2) is 4.98 Å². The molecule has 1 aliphatic rings. The molecule has 0 radical (unpaired) electrons. The van der Waals surface area contributed by atoms with Gasteiger partial charge >= 0.3 is 0 Å². The van der Waals surface area contributed by atoms with Crippen molar-refractivity contribution in [2.24, 2.45) is 0 Å². The summed E-state index contributed by atoms with van der Waals surface area (Å²) in [5, 5.41) is 0.780. The normalized spacial score (nSPS) is 15.0. The predicted molar refractivity (Wildman–Crippen MR) is 92.2 cm³/mol. The molecule has 6 heteroatoms. The van der Waals surface area contributed by atoms with Crippen LogP contribution in [0.15, 0.2) is 36.5 Å². The van der Waals surface area contributed by atoms with E-state index in [1.807, 2.05) is 49.5 Å². The first-order valence-corrected chi connectivity index (χ1v) is 7.77. The van der Waals surface area contributed by atoms with Crippen LogP contribution in [0, 0.1) is 0 Å². The highest BCUT2D eigenvalue weighted by molar-refractivity contribution is 6.30. The Balaban J connectivity index is 1.68. The van der Waals surface area contributed by atoms with Crippen LogP contribution >= 0.6 is 11.6 Å². The van der Waals surface area contributed by atoms with E-state index in [0.717, 1.165) is 43.0 Å². The first-order valence-electron chi connectivity index (χ1n) is 7.39. The molecule has 5 nitrogen and oxygen atoms in total. The number of nitrogens with zero attached hydrogens (tertiary/aromatic N) is 5. The molecule has 1 saturated heterocycles. The lowest BCUT2D eigenvalue weighted by Gasteiger charge is -2.36. The van der Waals surface area contributed by atoms with Crippen molar-refractivity contribution in [3.05, 3.63) is 41.6 Å². The van der Waals surface area contributed by atoms with E-state index in [1.165, 1.54) is 5.69 Å². The Kier molecular flexibility index (Phi) is 4.34. The molecular formula is C16H20ClN5. The maximum absolute atomic E-state index is 6.07. The molecule has 22 heavy (non-hydrogen) atoms. The van der Waals surface area contributed by atoms with Crippen molar-refractivity contribution >= 4 is 29.1 Å². The summed E-state index contributed by atoms with van der Waals surface area (Å²) in [5.74, 6) is 1.74. The largest absolute Gasteiger partial charge is 0.368 e. The van der Waals surface area contributed by atoms with E-state index in [4.69, 9.17) is 11.6 Å². The monoisotopic (exact) mass is 317 g/mol. The fourth-order valence-electron chi connectivity index (χ4n) is 2.58. The number of piperazine rings is 1. The zero-order valence-corrected chi connectivity index (χ0v) is 13.7. The molecular weight excluding hydrogens is 298 g/mol. The van der Waals surface area contributed by atoms with E-state index in [1.54, 1.807) is 0 Å². The average molecular weight is 318 g/mol. The SMILES string of the molecule is CN(C)c1ccnc(N2CCN(c3cccc(Cl)c3)CC2)n1. The van der Waals surface area contributed by atoms with Gasteiger partial charge in [0.1, 0.15) is 5.82 Å². The van der Waals surface area contributed by atoms with Gasteiger partial charge in [0, 0.05) is 57.2 Å². The molecule has 0 aliphatic carbocycles. The maximum atomic E-state index is 6.07. The zero-order chi connectivity index (χ0) is 15.5. The Bertz CT molecular complexity index is 638. The van der Waals surface area contributed by atoms with Gasteiger partial charge in [0.15, 0.2) is 0 Å². The molecule has 0 unspecified atom stereocenters. The van der Waals surface area contributed by atoms with Gasteiger partial charge < -0.3 is 14.7 Å². The highest BCUT2D eigenvalue weighted by atomic mass is 35.5. The van der Waals surface area contributed by atoms with Crippen LogP contribution in [0.2, 0.25) is 5.02 Å². The quantitative estimate of drug-likeness (QED) is 0.869. The Labute approximate surface area is 136 Å². The third-order valence-electron chi connectivity index (χ3n) is 3.82. The second kappa shape index (κ2) is 6.40. The van der Waals surface area contributed by atoms with E-state index < -0.39 is 0 Å². The number of rotatable bonds is 3. The van der Waals surface area contributed by atoms with Crippen LogP contribution in [0.3, 0.4) is 0 Å². The molecule has 2 heterocycles. The average Bonchev–Trinajstić information content (AvgIpc) is 2.55. The molecule has 0 bridgehead atoms. The summed E-state index contributed by atoms with van der Waals surface area (Å²) in [6, 6.07) is 9.94. The number of anilines is 3. The summed E-state index contributed by atoms with van der Waals surface area (Å²) < 4.78 is 0. The van der Waals surface area contributed by atoms with Crippen LogP contribution in [0.4, 0.5) is 17.5 Å². The summed E-state index contributed by atoms with van der Waals surface area (Å²) in [6.07, 6.45) is 1.82. The summed E-state index contributed by atoms with van der Waals surface area (Å²) in [4.78, 5) is 15.6. The Hall–Kier alpha value is -2.01. The predicted octanol–water partition coefficient (Wildman–Crippen LogP) is 2.52. The van der Waals surface area contributed by atoms with Crippen molar-refractivity contribution in [3.8, 4) is 0 Å². The van der Waals surface area contributed by atoms with Gasteiger partial charge in [0.05, 0.1) is 0 Å². The lowest BCUT2D eigenvalue weighted by atomic mass is 10.2. The van der Waals surface area contributed by atoms with Crippen molar-refractivity contribution in [1.82, 2.24) is 9.97 Å². The van der Waals surface area contributed by atoms with Crippen LogP contribution in [-0.4, -0.2) is 50.2 Å². The highest BCUT2D eigenvalue weighted by Crippen LogP contribution is 2.22. The summed E-state index contributed by atoms with van der Waals surface area (Å²) in [7, 11) is 3.98. The van der Waals surface area contributed by atoms with Gasteiger partial charge in [-0.05, 0) is 24.3 Å². The third-order valence-corrected chi connectivity index (χ3v) is 4.06. The molecule has 3 rings (SSSR count). The number of benzene rings is 1. The number of hydrogen-bond donors (Lipinski definition) is 0. The van der Waals surface area contributed by atoms with Crippen molar-refractivity contribution in [2.75, 3.05) is 55.0 Å². The molecule has 116 valence electrons. The standard InChI is InChI=1S/C16H20ClN5/c1-20(2)15-6-7-18-16(19-15)22-10-8-21(9-11-22)14-5-3-4-13(17)12-14/h3-7,12H,8-11H2,1-2H3. The Morgan fingerprint density at radius 3 is 2.45 bits per heavy atom. The van der Waals surface area contributed by atoms with E-state index in [2.05, 4.69) is 25.8 Å². The Morgan fingerprint density at radius 2 is 1.77 bits per heavy atom. The molecule has 0 N–H and O–H groups in total. The van der Waals surface area contributed by atoms with Crippen LogP contribution in [-0.2, 0) is 0 Å². The van der Waals surface area contributed by atoms with Gasteiger partial charge in [-0.15, -0.1) is 0 Å². The molecule has 1 aromatic carbocycles. The third kappa shape index (κ3) is 3.25. The summed E-state index contributed by atoms with van der Waals surface area (Å²) in [5.41, 5.74) is 1.18. The van der Waals surface area contributed by atoms with E-state index in [0.29, 0.717) is 0 Å². The molecule has 0 amide bonds. The van der Waals surface area contributed by atoms with Crippen LogP contribution in [0.25, 0.3) is 0 Å². The smallest absolute Gasteiger partial charge is 0.227 e. The van der Waals surface area contributed by atoms with Gasteiger partial charge in [-0.1, -0.05) is 17.7 Å². The number of halogens is 1. The van der Waals surface area contributed by atoms with Crippen LogP contribution < -0.4 is 14.7 Å². The Morgan fingerprint density at radius 1 is 1.05 bits per heavy atom. The molecule has 1 aliphatic heterocycles. The lowest BCUT2D eigenvalue weighted by Crippen LogP contribution is -2.47. The van der Waals surface area contributed by atoms with Crippen LogP contribution in [0.1, 0.15) is 0 Å². The minimum atomic E-state index is 0.780. The van der Waals surface area contributed by atoms with Crippen molar-refractivity contribution in [1.29, 1.82) is 0 Å². The highest BCUT2D eigenvalue weighted by Gasteiger charge is 2.19. The summed E-state index contributed by atoms with van der Waals surface area (Å²) >= 11 is 6.07. The fourth-order valence-corrected chi connectivity index (χ4v) is 2.76. The molecule has 1 fully saturated rings. The van der Waals surface area contributed by atoms with Gasteiger partial charge in [-0.2, -0.15) is 4.98 Å². The molecule has 0 atom stereocenters. The first-order chi connectivity index (χ1) is 10.6. The fraction of sp³-hybridized carbons (Fsp3) is 0.375. The lowest BCUT2D eigenvalue weighted by molar-refractivity contribution is 0.640. The van der Waals surface area contributed by atoms with Gasteiger partial charge in [-0.3, -0.25) is 0 Å². The van der Waals surface area contributed by atoms with Gasteiger partial charge in [0.25, 0.3) is 0 Å². The number of hydrogen-bond acceptors (Lipinski definition) is 5. The second-order valence-electron chi connectivity index (χ2n) is 5.56. The zero-order valence-electron chi connectivity index (χ0n) is 12.9. The topological polar surface area (TPSA) is 35.5 Å². The van der Waals surface area contributed by atoms with Crippen molar-refractivity contribution < 1.29 is 0 Å². The van der Waals surface area contributed by atoms with E-state index >= 15 is 0 Å². The minimum absolute atomic E-state index is 0.780. The molecule has 0 spiro atoms. The number of aromatic nitrogens is 2. The molecule has 0 saturated carbocycles. The van der Waals surface area contributed by atoms with E-state index in [-0.39, 0.29) is 0 Å². The van der Waals surface area contributed by atoms with Gasteiger partial charge in [0.2, 0.25) is 5.95 Å². The molecule has 2 aromatic rings.